The molecule has 106 valence electrons. The maximum atomic E-state index is 12.5. The van der Waals surface area contributed by atoms with Crippen molar-refractivity contribution in [2.24, 2.45) is 11.3 Å². The highest BCUT2D eigenvalue weighted by Gasteiger charge is 2.49. The highest BCUT2D eigenvalue weighted by molar-refractivity contribution is 7.75. The Balaban J connectivity index is 2.39. The first-order chi connectivity index (χ1) is 8.91. The third-order valence-corrected chi connectivity index (χ3v) is 4.46. The molecule has 0 saturated carbocycles. The van der Waals surface area contributed by atoms with E-state index < -0.39 is 5.41 Å². The van der Waals surface area contributed by atoms with E-state index in [4.69, 9.17) is 4.18 Å². The van der Waals surface area contributed by atoms with Crippen molar-refractivity contribution in [3.8, 4) is 0 Å². The van der Waals surface area contributed by atoms with Gasteiger partial charge in [0.25, 0.3) is 0 Å². The van der Waals surface area contributed by atoms with Gasteiger partial charge in [0.05, 0.1) is 5.41 Å². The second kappa shape index (κ2) is 5.19. The Morgan fingerprint density at radius 3 is 2.58 bits per heavy atom. The van der Waals surface area contributed by atoms with Crippen molar-refractivity contribution in [2.45, 2.75) is 39.5 Å². The number of allylic oxidation sites excluding steroid dienone is 2. The smallest absolute Gasteiger partial charge is 0.229 e. The topological polar surface area (TPSA) is 46.6 Å². The minimum atomic E-state index is -0.597. The Morgan fingerprint density at radius 1 is 1.32 bits per heavy atom. The highest BCUT2D eigenvalue weighted by atomic mass is 32.1. The summed E-state index contributed by atoms with van der Waals surface area (Å²) in [5, 5.41) is 0. The standard InChI is InChI=1S/C14H21NO3S/c1-9(2)12-10(16)7-14(8-11(12)18-19)5-4-6-15(3)13(14)17/h9,19H,4-8H2,1-3H3. The van der Waals surface area contributed by atoms with Crippen LogP contribution in [0.5, 0.6) is 0 Å². The lowest BCUT2D eigenvalue weighted by Gasteiger charge is -2.42. The number of carbonyl (C=O) groups excluding carboxylic acids is 2. The molecule has 1 atom stereocenters. The fourth-order valence-corrected chi connectivity index (χ4v) is 3.51. The molecule has 0 radical (unpaired) electrons. The summed E-state index contributed by atoms with van der Waals surface area (Å²) < 4.78 is 5.13. The predicted octanol–water partition coefficient (Wildman–Crippen LogP) is 2.36. The van der Waals surface area contributed by atoms with Gasteiger partial charge in [-0.1, -0.05) is 13.8 Å². The van der Waals surface area contributed by atoms with Crippen LogP contribution in [0, 0.1) is 11.3 Å². The Morgan fingerprint density at radius 2 is 2.00 bits per heavy atom. The van der Waals surface area contributed by atoms with Gasteiger partial charge in [-0.25, -0.2) is 0 Å². The number of Topliss-reactive ketones (excluding diaryl/α,β-unsaturated/α-hetero) is 1. The summed E-state index contributed by atoms with van der Waals surface area (Å²) in [6.45, 7) is 4.70. The summed E-state index contributed by atoms with van der Waals surface area (Å²) in [6, 6.07) is 0. The number of thiol groups is 1. The zero-order valence-electron chi connectivity index (χ0n) is 11.7. The maximum absolute atomic E-state index is 12.5. The van der Waals surface area contributed by atoms with Gasteiger partial charge in [-0.3, -0.25) is 9.59 Å². The van der Waals surface area contributed by atoms with Crippen LogP contribution in [0.3, 0.4) is 0 Å². The van der Waals surface area contributed by atoms with E-state index in [1.165, 1.54) is 0 Å². The lowest BCUT2D eigenvalue weighted by atomic mass is 9.67. The summed E-state index contributed by atoms with van der Waals surface area (Å²) in [5.74, 6) is 0.786. The molecule has 5 heteroatoms. The molecule has 2 aliphatic rings. The van der Waals surface area contributed by atoms with E-state index in [0.29, 0.717) is 24.2 Å². The van der Waals surface area contributed by atoms with E-state index in [-0.39, 0.29) is 17.6 Å². The first-order valence-electron chi connectivity index (χ1n) is 6.74. The van der Waals surface area contributed by atoms with Crippen molar-refractivity contribution in [3.05, 3.63) is 11.3 Å². The number of rotatable bonds is 2. The van der Waals surface area contributed by atoms with Crippen LogP contribution in [-0.2, 0) is 13.8 Å². The van der Waals surface area contributed by atoms with E-state index in [1.54, 1.807) is 11.9 Å². The third kappa shape index (κ3) is 2.40. The lowest BCUT2D eigenvalue weighted by molar-refractivity contribution is -0.148. The van der Waals surface area contributed by atoms with Gasteiger partial charge >= 0.3 is 0 Å². The van der Waals surface area contributed by atoms with Gasteiger partial charge in [0.1, 0.15) is 5.76 Å². The number of carbonyl (C=O) groups is 2. The average Bonchev–Trinajstić information content (AvgIpc) is 2.34. The van der Waals surface area contributed by atoms with Crippen LogP contribution >= 0.6 is 12.9 Å². The summed E-state index contributed by atoms with van der Waals surface area (Å²) in [4.78, 5) is 26.6. The molecular weight excluding hydrogens is 262 g/mol. The number of likely N-dealkylation sites (tertiary alicyclic amines) is 1. The monoisotopic (exact) mass is 283 g/mol. The Labute approximate surface area is 119 Å². The molecule has 1 spiro atoms. The summed E-state index contributed by atoms with van der Waals surface area (Å²) in [7, 11) is 1.80. The van der Waals surface area contributed by atoms with E-state index in [0.717, 1.165) is 19.4 Å². The van der Waals surface area contributed by atoms with Gasteiger partial charge in [-0.2, -0.15) is 0 Å². The molecule has 19 heavy (non-hydrogen) atoms. The minimum absolute atomic E-state index is 0.0361. The van der Waals surface area contributed by atoms with Crippen LogP contribution in [0.25, 0.3) is 0 Å². The predicted molar refractivity (Wildman–Crippen MR) is 75.5 cm³/mol. The molecule has 4 nitrogen and oxygen atoms in total. The van der Waals surface area contributed by atoms with Gasteiger partial charge in [-0.15, -0.1) is 0 Å². The Hall–Kier alpha value is -0.970. The van der Waals surface area contributed by atoms with Crippen LogP contribution in [0.1, 0.15) is 39.5 Å². The molecule has 1 fully saturated rings. The molecule has 0 bridgehead atoms. The van der Waals surface area contributed by atoms with Gasteiger partial charge < -0.3 is 9.08 Å². The first kappa shape index (κ1) is 14.4. The van der Waals surface area contributed by atoms with E-state index >= 15 is 0 Å². The molecule has 0 aromatic heterocycles. The van der Waals surface area contributed by atoms with E-state index in [1.807, 2.05) is 13.8 Å². The average molecular weight is 283 g/mol. The molecule has 1 unspecified atom stereocenters. The van der Waals surface area contributed by atoms with Crippen LogP contribution < -0.4 is 0 Å². The van der Waals surface area contributed by atoms with Crippen molar-refractivity contribution in [1.29, 1.82) is 0 Å². The molecule has 1 saturated heterocycles. The quantitative estimate of drug-likeness (QED) is 0.625. The lowest BCUT2D eigenvalue weighted by Crippen LogP contribution is -2.50. The van der Waals surface area contributed by atoms with Crippen LogP contribution in [-0.4, -0.2) is 30.2 Å². The third-order valence-electron chi connectivity index (χ3n) is 4.24. The van der Waals surface area contributed by atoms with E-state index in [2.05, 4.69) is 12.9 Å². The highest BCUT2D eigenvalue weighted by Crippen LogP contribution is 2.46. The number of amides is 1. The Kier molecular flexibility index (Phi) is 3.95. The molecule has 0 aromatic carbocycles. The van der Waals surface area contributed by atoms with Gasteiger partial charge in [-0.05, 0) is 18.8 Å². The van der Waals surface area contributed by atoms with E-state index in [9.17, 15) is 9.59 Å². The summed E-state index contributed by atoms with van der Waals surface area (Å²) in [5.41, 5.74) is 0.0993. The number of piperidine rings is 1. The van der Waals surface area contributed by atoms with Crippen LogP contribution in [0.15, 0.2) is 11.3 Å². The van der Waals surface area contributed by atoms with Gasteiger partial charge in [0, 0.05) is 44.9 Å². The molecule has 0 N–H and O–H groups in total. The number of hydrogen-bond acceptors (Lipinski definition) is 4. The van der Waals surface area contributed by atoms with Crippen molar-refractivity contribution in [3.63, 3.8) is 0 Å². The van der Waals surface area contributed by atoms with Crippen molar-refractivity contribution < 1.29 is 13.8 Å². The van der Waals surface area contributed by atoms with Crippen molar-refractivity contribution in [2.75, 3.05) is 13.6 Å². The fraction of sp³-hybridized carbons (Fsp3) is 0.714. The fourth-order valence-electron chi connectivity index (χ4n) is 3.34. The summed E-state index contributed by atoms with van der Waals surface area (Å²) in [6.07, 6.45) is 2.50. The summed E-state index contributed by atoms with van der Waals surface area (Å²) >= 11 is 3.88. The number of nitrogens with zero attached hydrogens (tertiary/aromatic N) is 1. The van der Waals surface area contributed by atoms with Crippen molar-refractivity contribution in [1.82, 2.24) is 4.90 Å². The number of hydrogen-bond donors (Lipinski definition) is 1. The van der Waals surface area contributed by atoms with Gasteiger partial charge in [0.2, 0.25) is 5.91 Å². The Bertz CT molecular complexity index is 444. The second-order valence-corrected chi connectivity index (χ2v) is 6.15. The minimum Gasteiger partial charge on any atom is -0.433 e. The molecular formula is C14H21NO3S. The zero-order chi connectivity index (χ0) is 14.2. The molecule has 1 aliphatic heterocycles. The largest absolute Gasteiger partial charge is 0.433 e. The molecule has 1 amide bonds. The molecule has 2 rings (SSSR count). The normalized spacial score (nSPS) is 28.6. The van der Waals surface area contributed by atoms with Crippen LogP contribution in [0.2, 0.25) is 0 Å². The SMILES string of the molecule is CC(C)C1=C(OS)CC2(CCCN(C)C2=O)CC1=O. The van der Waals surface area contributed by atoms with Gasteiger partial charge in [0.15, 0.2) is 5.78 Å². The molecule has 1 aliphatic carbocycles. The van der Waals surface area contributed by atoms with Crippen molar-refractivity contribution >= 4 is 24.6 Å². The second-order valence-electron chi connectivity index (χ2n) is 5.97. The maximum Gasteiger partial charge on any atom is 0.229 e. The molecule has 0 aromatic rings. The number of ketones is 1. The molecule has 1 heterocycles. The first-order valence-corrected chi connectivity index (χ1v) is 7.11. The zero-order valence-corrected chi connectivity index (χ0v) is 12.6. The van der Waals surface area contributed by atoms with Crippen LogP contribution in [0.4, 0.5) is 0 Å².